The Morgan fingerprint density at radius 1 is 0.944 bits per heavy atom. The van der Waals surface area contributed by atoms with Gasteiger partial charge in [-0.1, -0.05) is 40.2 Å². The third kappa shape index (κ3) is 3.33. The van der Waals surface area contributed by atoms with Crippen molar-refractivity contribution >= 4 is 21.6 Å². The minimum absolute atomic E-state index is 0.913. The molecule has 0 bridgehead atoms. The first-order chi connectivity index (χ1) is 8.69. The van der Waals surface area contributed by atoms with Gasteiger partial charge < -0.3 is 4.90 Å². The molecule has 0 spiro atoms. The summed E-state index contributed by atoms with van der Waals surface area (Å²) < 4.78 is 2.19. The van der Waals surface area contributed by atoms with E-state index in [0.29, 0.717) is 0 Å². The largest absolute Gasteiger partial charge is 0.377 e. The van der Waals surface area contributed by atoms with Crippen molar-refractivity contribution in [3.8, 4) is 0 Å². The Kier molecular flexibility index (Phi) is 4.37. The molecule has 0 aliphatic rings. The third-order valence-corrected chi connectivity index (χ3v) is 3.58. The average molecular weight is 306 g/mol. The molecule has 0 radical (unpaired) electrons. The van der Waals surface area contributed by atoms with Gasteiger partial charge in [-0.15, -0.1) is 0 Å². The second kappa shape index (κ2) is 6.01. The van der Waals surface area contributed by atoms with E-state index in [1.165, 1.54) is 16.8 Å². The van der Waals surface area contributed by atoms with Crippen LogP contribution in [0.4, 0.5) is 5.69 Å². The predicted octanol–water partition coefficient (Wildman–Crippen LogP) is 2.98. The Balaban J connectivity index is 2.08. The first kappa shape index (κ1) is 13.1. The van der Waals surface area contributed by atoms with Crippen molar-refractivity contribution in [1.29, 1.82) is 0 Å². The van der Waals surface area contributed by atoms with Gasteiger partial charge in [0.2, 0.25) is 0 Å². The fourth-order valence-corrected chi connectivity index (χ4v) is 2.17. The number of aromatic nitrogens is 1. The fourth-order valence-electron chi connectivity index (χ4n) is 1.80. The molecule has 0 atom stereocenters. The van der Waals surface area contributed by atoms with Crippen LogP contribution < -0.4 is 9.47 Å². The van der Waals surface area contributed by atoms with Gasteiger partial charge in [0.05, 0.1) is 0 Å². The molecular weight excluding hydrogens is 288 g/mol. The molecule has 2 rings (SSSR count). The highest BCUT2D eigenvalue weighted by Crippen LogP contribution is 2.09. The van der Waals surface area contributed by atoms with Gasteiger partial charge in [-0.25, -0.2) is 4.57 Å². The van der Waals surface area contributed by atoms with Crippen molar-refractivity contribution in [2.24, 2.45) is 0 Å². The minimum Gasteiger partial charge on any atom is -0.377 e. The standard InChI is InChI=1S/C15H18BrN2/c1-17(2)15-7-9-18(10-8-15)12-14-5-3-13(11-16)4-6-14/h3-10H,11-12H2,1-2H3/q+1. The van der Waals surface area contributed by atoms with Crippen molar-refractivity contribution in [2.75, 3.05) is 19.0 Å². The van der Waals surface area contributed by atoms with Gasteiger partial charge in [0.15, 0.2) is 18.9 Å². The number of benzene rings is 1. The van der Waals surface area contributed by atoms with Crippen molar-refractivity contribution in [2.45, 2.75) is 11.9 Å². The Hall–Kier alpha value is -1.35. The van der Waals surface area contributed by atoms with Crippen molar-refractivity contribution in [3.05, 3.63) is 59.9 Å². The van der Waals surface area contributed by atoms with Crippen LogP contribution in [-0.4, -0.2) is 14.1 Å². The molecule has 0 N–H and O–H groups in total. The molecule has 0 amide bonds. The summed E-state index contributed by atoms with van der Waals surface area (Å²) in [6.07, 6.45) is 4.24. The zero-order valence-corrected chi connectivity index (χ0v) is 12.4. The van der Waals surface area contributed by atoms with Crippen LogP contribution in [-0.2, 0) is 11.9 Å². The zero-order valence-electron chi connectivity index (χ0n) is 10.8. The van der Waals surface area contributed by atoms with Gasteiger partial charge >= 0.3 is 0 Å². The number of rotatable bonds is 4. The predicted molar refractivity (Wildman–Crippen MR) is 79.1 cm³/mol. The monoisotopic (exact) mass is 305 g/mol. The van der Waals surface area contributed by atoms with Crippen molar-refractivity contribution in [1.82, 2.24) is 0 Å². The lowest BCUT2D eigenvalue weighted by molar-refractivity contribution is -0.688. The van der Waals surface area contributed by atoms with E-state index in [0.717, 1.165) is 11.9 Å². The molecule has 0 saturated heterocycles. The Bertz CT molecular complexity index is 489. The Labute approximate surface area is 117 Å². The molecule has 3 heteroatoms. The normalized spacial score (nSPS) is 10.4. The Morgan fingerprint density at radius 2 is 1.50 bits per heavy atom. The molecule has 1 heterocycles. The molecule has 0 aliphatic heterocycles. The van der Waals surface area contributed by atoms with Crippen LogP contribution in [0.25, 0.3) is 0 Å². The summed E-state index contributed by atoms with van der Waals surface area (Å²) in [5.74, 6) is 0. The lowest BCUT2D eigenvalue weighted by Gasteiger charge is -2.10. The van der Waals surface area contributed by atoms with E-state index in [9.17, 15) is 0 Å². The van der Waals surface area contributed by atoms with Gasteiger partial charge in [-0.3, -0.25) is 0 Å². The highest BCUT2D eigenvalue weighted by atomic mass is 79.9. The van der Waals surface area contributed by atoms with Crippen LogP contribution in [0.1, 0.15) is 11.1 Å². The van der Waals surface area contributed by atoms with Crippen LogP contribution in [0, 0.1) is 0 Å². The number of anilines is 1. The third-order valence-electron chi connectivity index (χ3n) is 2.93. The molecule has 1 aromatic carbocycles. The van der Waals surface area contributed by atoms with Crippen LogP contribution >= 0.6 is 15.9 Å². The van der Waals surface area contributed by atoms with E-state index in [1.54, 1.807) is 0 Å². The zero-order chi connectivity index (χ0) is 13.0. The topological polar surface area (TPSA) is 7.12 Å². The summed E-state index contributed by atoms with van der Waals surface area (Å²) >= 11 is 3.46. The van der Waals surface area contributed by atoms with Crippen LogP contribution in [0.15, 0.2) is 48.8 Å². The molecular formula is C15H18BrN2+. The second-order valence-corrected chi connectivity index (χ2v) is 5.13. The molecule has 18 heavy (non-hydrogen) atoms. The lowest BCUT2D eigenvalue weighted by Crippen LogP contribution is -2.33. The number of alkyl halides is 1. The highest BCUT2D eigenvalue weighted by molar-refractivity contribution is 9.08. The van der Waals surface area contributed by atoms with Crippen LogP contribution in [0.5, 0.6) is 0 Å². The van der Waals surface area contributed by atoms with Gasteiger partial charge in [0.1, 0.15) is 0 Å². The van der Waals surface area contributed by atoms with E-state index in [2.05, 4.69) is 88.3 Å². The van der Waals surface area contributed by atoms with Gasteiger partial charge in [0, 0.05) is 42.8 Å². The number of nitrogens with zero attached hydrogens (tertiary/aromatic N) is 2. The number of pyridine rings is 1. The van der Waals surface area contributed by atoms with E-state index >= 15 is 0 Å². The molecule has 2 nitrogen and oxygen atoms in total. The highest BCUT2D eigenvalue weighted by Gasteiger charge is 2.03. The summed E-state index contributed by atoms with van der Waals surface area (Å²) in [5, 5.41) is 0.915. The Morgan fingerprint density at radius 3 is 2.00 bits per heavy atom. The minimum atomic E-state index is 0.913. The molecule has 1 aromatic heterocycles. The summed E-state index contributed by atoms with van der Waals surface area (Å²) in [4.78, 5) is 2.11. The maximum atomic E-state index is 3.46. The summed E-state index contributed by atoms with van der Waals surface area (Å²) in [7, 11) is 4.11. The summed E-state index contributed by atoms with van der Waals surface area (Å²) in [6.45, 7) is 0.913. The SMILES string of the molecule is CN(C)c1cc[n+](Cc2ccc(CBr)cc2)cc1. The lowest BCUT2D eigenvalue weighted by atomic mass is 10.1. The van der Waals surface area contributed by atoms with Crippen LogP contribution in [0.3, 0.4) is 0 Å². The van der Waals surface area contributed by atoms with Crippen molar-refractivity contribution < 1.29 is 4.57 Å². The van der Waals surface area contributed by atoms with Crippen molar-refractivity contribution in [3.63, 3.8) is 0 Å². The maximum absolute atomic E-state index is 3.46. The second-order valence-electron chi connectivity index (χ2n) is 4.57. The van der Waals surface area contributed by atoms with E-state index in [-0.39, 0.29) is 0 Å². The average Bonchev–Trinajstić information content (AvgIpc) is 2.40. The van der Waals surface area contributed by atoms with Gasteiger partial charge in [0.25, 0.3) is 0 Å². The number of halogens is 1. The van der Waals surface area contributed by atoms with E-state index < -0.39 is 0 Å². The fraction of sp³-hybridized carbons (Fsp3) is 0.267. The van der Waals surface area contributed by atoms with E-state index in [4.69, 9.17) is 0 Å². The first-order valence-electron chi connectivity index (χ1n) is 5.99. The molecule has 0 fully saturated rings. The smallest absolute Gasteiger partial charge is 0.173 e. The molecule has 0 unspecified atom stereocenters. The van der Waals surface area contributed by atoms with Gasteiger partial charge in [-0.05, 0) is 5.56 Å². The van der Waals surface area contributed by atoms with Crippen LogP contribution in [0.2, 0.25) is 0 Å². The van der Waals surface area contributed by atoms with E-state index in [1.807, 2.05) is 0 Å². The number of hydrogen-bond donors (Lipinski definition) is 0. The first-order valence-corrected chi connectivity index (χ1v) is 7.11. The van der Waals surface area contributed by atoms with Gasteiger partial charge in [-0.2, -0.15) is 0 Å². The summed E-state index contributed by atoms with van der Waals surface area (Å²) in [5.41, 5.74) is 3.86. The molecule has 0 aliphatic carbocycles. The summed E-state index contributed by atoms with van der Waals surface area (Å²) in [6, 6.07) is 13.0. The molecule has 94 valence electrons. The number of hydrogen-bond acceptors (Lipinski definition) is 1. The maximum Gasteiger partial charge on any atom is 0.173 e. The molecule has 2 aromatic rings. The quantitative estimate of drug-likeness (QED) is 0.622. The molecule has 0 saturated carbocycles.